The second kappa shape index (κ2) is 7.32. The second-order valence-electron chi connectivity index (χ2n) is 5.74. The van der Waals surface area contributed by atoms with E-state index in [-0.39, 0.29) is 11.9 Å². The van der Waals surface area contributed by atoms with Crippen molar-refractivity contribution in [3.63, 3.8) is 0 Å². The zero-order valence-electron chi connectivity index (χ0n) is 12.6. The summed E-state index contributed by atoms with van der Waals surface area (Å²) in [6, 6.07) is 7.99. The van der Waals surface area contributed by atoms with Gasteiger partial charge in [0.05, 0.1) is 5.56 Å². The predicted molar refractivity (Wildman–Crippen MR) is 84.1 cm³/mol. The molecule has 2 rings (SSSR count). The summed E-state index contributed by atoms with van der Waals surface area (Å²) in [6.07, 6.45) is 6.45. The predicted octanol–water partition coefficient (Wildman–Crippen LogP) is 3.82. The van der Waals surface area contributed by atoms with Gasteiger partial charge in [0.2, 0.25) is 0 Å². The van der Waals surface area contributed by atoms with Crippen molar-refractivity contribution < 1.29 is 4.79 Å². The Morgan fingerprint density at radius 2 is 1.95 bits per heavy atom. The molecule has 0 aromatic heterocycles. The molecule has 1 atom stereocenters. The highest BCUT2D eigenvalue weighted by Crippen LogP contribution is 2.26. The van der Waals surface area contributed by atoms with Crippen molar-refractivity contribution in [3.8, 4) is 0 Å². The van der Waals surface area contributed by atoms with Gasteiger partial charge in [0.25, 0.3) is 5.91 Å². The summed E-state index contributed by atoms with van der Waals surface area (Å²) in [5, 5.41) is 6.43. The van der Waals surface area contributed by atoms with E-state index in [2.05, 4.69) is 17.6 Å². The first-order valence-electron chi connectivity index (χ1n) is 7.86. The van der Waals surface area contributed by atoms with Crippen molar-refractivity contribution in [1.29, 1.82) is 0 Å². The van der Waals surface area contributed by atoms with Crippen LogP contribution in [-0.2, 0) is 0 Å². The summed E-state index contributed by atoms with van der Waals surface area (Å²) in [6.45, 7) is 5.01. The zero-order valence-corrected chi connectivity index (χ0v) is 12.6. The Bertz CT molecular complexity index is 438. The van der Waals surface area contributed by atoms with E-state index in [0.29, 0.717) is 5.92 Å². The van der Waals surface area contributed by atoms with Gasteiger partial charge in [-0.3, -0.25) is 4.79 Å². The van der Waals surface area contributed by atoms with Crippen LogP contribution in [0.15, 0.2) is 24.3 Å². The fourth-order valence-corrected chi connectivity index (χ4v) is 3.06. The molecule has 0 bridgehead atoms. The third-order valence-corrected chi connectivity index (χ3v) is 4.25. The van der Waals surface area contributed by atoms with Crippen molar-refractivity contribution >= 4 is 11.6 Å². The van der Waals surface area contributed by atoms with Gasteiger partial charge in [0.1, 0.15) is 0 Å². The molecule has 1 amide bonds. The summed E-state index contributed by atoms with van der Waals surface area (Å²) in [5.41, 5.74) is 1.67. The lowest BCUT2D eigenvalue weighted by Gasteiger charge is -2.28. The first-order chi connectivity index (χ1) is 9.72. The number of anilines is 1. The van der Waals surface area contributed by atoms with Gasteiger partial charge >= 0.3 is 0 Å². The van der Waals surface area contributed by atoms with E-state index in [9.17, 15) is 4.79 Å². The Hall–Kier alpha value is -1.51. The summed E-state index contributed by atoms with van der Waals surface area (Å²) < 4.78 is 0. The van der Waals surface area contributed by atoms with Crippen LogP contribution in [0.5, 0.6) is 0 Å². The fraction of sp³-hybridized carbons (Fsp3) is 0.588. The molecule has 0 spiro atoms. The van der Waals surface area contributed by atoms with E-state index in [0.717, 1.165) is 17.8 Å². The largest absolute Gasteiger partial charge is 0.385 e. The molecular weight excluding hydrogens is 248 g/mol. The van der Waals surface area contributed by atoms with Crippen molar-refractivity contribution in [3.05, 3.63) is 29.8 Å². The SMILES string of the molecule is CCNc1ccccc1C(=O)NC(C)C1CCCCC1. The standard InChI is InChI=1S/C17H26N2O/c1-3-18-16-12-8-7-11-15(16)17(20)19-13(2)14-9-5-4-6-10-14/h7-8,11-14,18H,3-6,9-10H2,1-2H3,(H,19,20). The second-order valence-corrected chi connectivity index (χ2v) is 5.74. The number of hydrogen-bond acceptors (Lipinski definition) is 2. The summed E-state index contributed by atoms with van der Waals surface area (Å²) >= 11 is 0. The molecule has 1 saturated carbocycles. The van der Waals surface area contributed by atoms with Crippen LogP contribution in [0.25, 0.3) is 0 Å². The molecule has 3 heteroatoms. The maximum Gasteiger partial charge on any atom is 0.253 e. The number of hydrogen-bond donors (Lipinski definition) is 2. The molecule has 1 aromatic carbocycles. The van der Waals surface area contributed by atoms with E-state index in [1.54, 1.807) is 0 Å². The summed E-state index contributed by atoms with van der Waals surface area (Å²) in [4.78, 5) is 12.4. The van der Waals surface area contributed by atoms with Gasteiger partial charge in [-0.05, 0) is 44.7 Å². The minimum absolute atomic E-state index is 0.0413. The van der Waals surface area contributed by atoms with Gasteiger partial charge in [-0.15, -0.1) is 0 Å². The molecule has 1 aromatic rings. The fourth-order valence-electron chi connectivity index (χ4n) is 3.06. The number of rotatable bonds is 5. The minimum Gasteiger partial charge on any atom is -0.385 e. The number of carbonyl (C=O) groups is 1. The Balaban J connectivity index is 2.00. The Labute approximate surface area is 122 Å². The third-order valence-electron chi connectivity index (χ3n) is 4.25. The van der Waals surface area contributed by atoms with Gasteiger partial charge in [-0.25, -0.2) is 0 Å². The highest BCUT2D eigenvalue weighted by atomic mass is 16.1. The Kier molecular flexibility index (Phi) is 5.45. The lowest BCUT2D eigenvalue weighted by atomic mass is 9.84. The molecule has 1 aliphatic rings. The third kappa shape index (κ3) is 3.75. The molecule has 20 heavy (non-hydrogen) atoms. The Morgan fingerprint density at radius 3 is 2.65 bits per heavy atom. The highest BCUT2D eigenvalue weighted by Gasteiger charge is 2.22. The maximum atomic E-state index is 12.4. The number of benzene rings is 1. The molecule has 0 heterocycles. The van der Waals surface area contributed by atoms with Gasteiger partial charge in [-0.2, -0.15) is 0 Å². The number of para-hydroxylation sites is 1. The maximum absolute atomic E-state index is 12.4. The van der Waals surface area contributed by atoms with Gasteiger partial charge in [0.15, 0.2) is 0 Å². The Morgan fingerprint density at radius 1 is 1.25 bits per heavy atom. The van der Waals surface area contributed by atoms with Gasteiger partial charge < -0.3 is 10.6 Å². The first kappa shape index (κ1) is 14.9. The molecular formula is C17H26N2O. The monoisotopic (exact) mass is 274 g/mol. The number of nitrogens with one attached hydrogen (secondary N) is 2. The number of amides is 1. The van der Waals surface area contributed by atoms with Crippen LogP contribution in [-0.4, -0.2) is 18.5 Å². The zero-order chi connectivity index (χ0) is 14.4. The van der Waals surface area contributed by atoms with Crippen LogP contribution in [0, 0.1) is 5.92 Å². The van der Waals surface area contributed by atoms with E-state index in [1.807, 2.05) is 31.2 Å². The van der Waals surface area contributed by atoms with E-state index >= 15 is 0 Å². The first-order valence-corrected chi connectivity index (χ1v) is 7.86. The molecule has 0 saturated heterocycles. The van der Waals surface area contributed by atoms with Crippen LogP contribution in [0.1, 0.15) is 56.3 Å². The minimum atomic E-state index is 0.0413. The van der Waals surface area contributed by atoms with E-state index < -0.39 is 0 Å². The van der Waals surface area contributed by atoms with E-state index in [1.165, 1.54) is 32.1 Å². The number of carbonyl (C=O) groups excluding carboxylic acids is 1. The molecule has 1 fully saturated rings. The van der Waals surface area contributed by atoms with Crippen molar-refractivity contribution in [2.45, 2.75) is 52.0 Å². The molecule has 3 nitrogen and oxygen atoms in total. The van der Waals surface area contributed by atoms with E-state index in [4.69, 9.17) is 0 Å². The van der Waals surface area contributed by atoms with Gasteiger partial charge in [0, 0.05) is 18.3 Å². The smallest absolute Gasteiger partial charge is 0.253 e. The molecule has 0 radical (unpaired) electrons. The quantitative estimate of drug-likeness (QED) is 0.857. The molecule has 1 aliphatic carbocycles. The molecule has 2 N–H and O–H groups in total. The normalized spacial score (nSPS) is 17.5. The lowest BCUT2D eigenvalue weighted by molar-refractivity contribution is 0.0920. The van der Waals surface area contributed by atoms with Crippen molar-refractivity contribution in [1.82, 2.24) is 5.32 Å². The van der Waals surface area contributed by atoms with Crippen LogP contribution in [0.4, 0.5) is 5.69 Å². The van der Waals surface area contributed by atoms with Crippen molar-refractivity contribution in [2.75, 3.05) is 11.9 Å². The highest BCUT2D eigenvalue weighted by molar-refractivity contribution is 5.99. The summed E-state index contributed by atoms with van der Waals surface area (Å²) in [5.74, 6) is 0.679. The lowest BCUT2D eigenvalue weighted by Crippen LogP contribution is -2.39. The van der Waals surface area contributed by atoms with Crippen molar-refractivity contribution in [2.24, 2.45) is 5.92 Å². The van der Waals surface area contributed by atoms with Crippen LogP contribution >= 0.6 is 0 Å². The summed E-state index contributed by atoms with van der Waals surface area (Å²) in [7, 11) is 0. The van der Waals surface area contributed by atoms with Gasteiger partial charge in [-0.1, -0.05) is 31.4 Å². The topological polar surface area (TPSA) is 41.1 Å². The molecule has 0 aliphatic heterocycles. The average Bonchev–Trinajstić information content (AvgIpc) is 2.49. The van der Waals surface area contributed by atoms with Crippen LogP contribution < -0.4 is 10.6 Å². The molecule has 1 unspecified atom stereocenters. The average molecular weight is 274 g/mol. The van der Waals surface area contributed by atoms with Crippen LogP contribution in [0.3, 0.4) is 0 Å². The van der Waals surface area contributed by atoms with Crippen LogP contribution in [0.2, 0.25) is 0 Å². The molecule has 110 valence electrons.